The molecule has 144 valence electrons. The molecule has 2 aromatic rings. The average molecular weight is 372 g/mol. The van der Waals surface area contributed by atoms with Crippen molar-refractivity contribution >= 4 is 0 Å². The molecule has 0 aliphatic carbocycles. The van der Waals surface area contributed by atoms with E-state index in [9.17, 15) is 4.39 Å². The normalized spacial score (nSPS) is 19.3. The van der Waals surface area contributed by atoms with E-state index >= 15 is 0 Å². The van der Waals surface area contributed by atoms with Crippen molar-refractivity contribution in [2.24, 2.45) is 0 Å². The number of ether oxygens (including phenoxy) is 3. The van der Waals surface area contributed by atoms with Gasteiger partial charge in [-0.1, -0.05) is 18.2 Å². The molecule has 6 heteroatoms. The molecule has 2 heterocycles. The van der Waals surface area contributed by atoms with Crippen LogP contribution in [-0.4, -0.2) is 37.9 Å². The Morgan fingerprint density at radius 1 is 1.19 bits per heavy atom. The fourth-order valence-electron chi connectivity index (χ4n) is 3.78. The highest BCUT2D eigenvalue weighted by atomic mass is 19.1. The number of hydrogen-bond donors (Lipinski definition) is 1. The Balaban J connectivity index is 1.37. The quantitative estimate of drug-likeness (QED) is 0.843. The molecule has 1 fully saturated rings. The van der Waals surface area contributed by atoms with Crippen molar-refractivity contribution in [3.05, 3.63) is 53.3 Å². The van der Waals surface area contributed by atoms with Crippen LogP contribution in [0.4, 0.5) is 4.39 Å². The van der Waals surface area contributed by atoms with Gasteiger partial charge in [0.25, 0.3) is 0 Å². The number of hydrogen-bond acceptors (Lipinski definition) is 5. The number of nitrogens with one attached hydrogen (secondary N) is 1. The lowest BCUT2D eigenvalue weighted by Crippen LogP contribution is -2.45. The maximum absolute atomic E-state index is 13.9. The second kappa shape index (κ2) is 8.15. The highest BCUT2D eigenvalue weighted by molar-refractivity contribution is 5.51. The zero-order valence-electron chi connectivity index (χ0n) is 15.5. The molecule has 2 aliphatic heterocycles. The number of piperidine rings is 1. The Kier molecular flexibility index (Phi) is 5.45. The summed E-state index contributed by atoms with van der Waals surface area (Å²) in [5, 5.41) is 3.62. The van der Waals surface area contributed by atoms with Crippen LogP contribution in [0.15, 0.2) is 36.4 Å². The van der Waals surface area contributed by atoms with Gasteiger partial charge in [0.1, 0.15) is 11.6 Å². The second-order valence-electron chi connectivity index (χ2n) is 7.06. The van der Waals surface area contributed by atoms with E-state index in [2.05, 4.69) is 10.2 Å². The summed E-state index contributed by atoms with van der Waals surface area (Å²) in [7, 11) is 1.66. The first-order chi connectivity index (χ1) is 13.2. The lowest BCUT2D eigenvalue weighted by molar-refractivity contribution is 0.173. The van der Waals surface area contributed by atoms with Gasteiger partial charge in [-0.2, -0.15) is 0 Å². The molecule has 1 saturated heterocycles. The first-order valence-corrected chi connectivity index (χ1v) is 9.38. The maximum Gasteiger partial charge on any atom is 0.231 e. The van der Waals surface area contributed by atoms with Gasteiger partial charge in [0, 0.05) is 42.9 Å². The van der Waals surface area contributed by atoms with Gasteiger partial charge >= 0.3 is 0 Å². The van der Waals surface area contributed by atoms with Crippen LogP contribution in [0.2, 0.25) is 0 Å². The van der Waals surface area contributed by atoms with Crippen LogP contribution in [0.1, 0.15) is 24.0 Å². The van der Waals surface area contributed by atoms with Gasteiger partial charge in [-0.15, -0.1) is 0 Å². The summed E-state index contributed by atoms with van der Waals surface area (Å²) in [5.41, 5.74) is 1.81. The van der Waals surface area contributed by atoms with Gasteiger partial charge in [-0.3, -0.25) is 4.90 Å². The van der Waals surface area contributed by atoms with Crippen molar-refractivity contribution in [3.63, 3.8) is 0 Å². The van der Waals surface area contributed by atoms with Gasteiger partial charge < -0.3 is 19.5 Å². The predicted molar refractivity (Wildman–Crippen MR) is 101 cm³/mol. The zero-order valence-corrected chi connectivity index (χ0v) is 15.5. The molecule has 5 nitrogen and oxygen atoms in total. The Bertz CT molecular complexity index is 799. The molecular formula is C21H25FN2O3. The van der Waals surface area contributed by atoms with Gasteiger partial charge in [0.2, 0.25) is 6.79 Å². The number of benzene rings is 2. The molecule has 1 atom stereocenters. The molecule has 0 amide bonds. The Morgan fingerprint density at radius 2 is 2.00 bits per heavy atom. The van der Waals surface area contributed by atoms with Crippen LogP contribution in [0.5, 0.6) is 17.2 Å². The number of nitrogens with zero attached hydrogens (tertiary/aromatic N) is 1. The van der Waals surface area contributed by atoms with Gasteiger partial charge in [0.15, 0.2) is 11.5 Å². The third-order valence-electron chi connectivity index (χ3n) is 5.21. The standard InChI is InChI=1S/C21H25FN2O3/c1-25-19-10-21-20(26-14-27-21)9-16(19)11-23-17-6-4-8-24(13-17)12-15-5-2-3-7-18(15)22/h2-3,5,7,9-10,17,23H,4,6,8,11-14H2,1H3. The molecule has 1 unspecified atom stereocenters. The first kappa shape index (κ1) is 18.1. The van der Waals surface area contributed by atoms with Crippen LogP contribution in [0, 0.1) is 5.82 Å². The summed E-state index contributed by atoms with van der Waals surface area (Å²) < 4.78 is 30.3. The molecule has 0 spiro atoms. The molecule has 27 heavy (non-hydrogen) atoms. The van der Waals surface area contributed by atoms with Gasteiger partial charge in [0.05, 0.1) is 7.11 Å². The van der Waals surface area contributed by atoms with Crippen LogP contribution < -0.4 is 19.5 Å². The zero-order chi connectivity index (χ0) is 18.6. The van der Waals surface area contributed by atoms with E-state index in [0.29, 0.717) is 19.1 Å². The minimum atomic E-state index is -0.127. The van der Waals surface area contributed by atoms with Crippen molar-refractivity contribution in [2.75, 3.05) is 27.0 Å². The third kappa shape index (κ3) is 4.17. The summed E-state index contributed by atoms with van der Waals surface area (Å²) >= 11 is 0. The van der Waals surface area contributed by atoms with Crippen LogP contribution >= 0.6 is 0 Å². The smallest absolute Gasteiger partial charge is 0.231 e. The van der Waals surface area contributed by atoms with Gasteiger partial charge in [-0.25, -0.2) is 4.39 Å². The van der Waals surface area contributed by atoms with Crippen LogP contribution in [0.3, 0.4) is 0 Å². The van der Waals surface area contributed by atoms with Gasteiger partial charge in [-0.05, 0) is 31.5 Å². The van der Waals surface area contributed by atoms with Crippen molar-refractivity contribution in [1.29, 1.82) is 0 Å². The van der Waals surface area contributed by atoms with Crippen molar-refractivity contribution < 1.29 is 18.6 Å². The molecule has 1 N–H and O–H groups in total. The molecule has 4 rings (SSSR count). The monoisotopic (exact) mass is 372 g/mol. The number of rotatable bonds is 6. The molecule has 2 aliphatic rings. The SMILES string of the molecule is COc1cc2c(cc1CNC1CCCN(Cc3ccccc3F)C1)OCO2. The summed E-state index contributed by atoms with van der Waals surface area (Å²) in [6.07, 6.45) is 2.21. The van der Waals surface area contributed by atoms with E-state index in [4.69, 9.17) is 14.2 Å². The van der Waals surface area contributed by atoms with Crippen molar-refractivity contribution in [3.8, 4) is 17.2 Å². The fourth-order valence-corrected chi connectivity index (χ4v) is 3.78. The number of fused-ring (bicyclic) bond motifs is 1. The number of halogens is 1. The summed E-state index contributed by atoms with van der Waals surface area (Å²) in [6.45, 7) is 3.50. The Morgan fingerprint density at radius 3 is 2.81 bits per heavy atom. The largest absolute Gasteiger partial charge is 0.496 e. The lowest BCUT2D eigenvalue weighted by atomic mass is 10.0. The molecule has 0 aromatic heterocycles. The Hall–Kier alpha value is -2.31. The summed E-state index contributed by atoms with van der Waals surface area (Å²) in [6, 6.07) is 11.2. The predicted octanol–water partition coefficient (Wildman–Crippen LogP) is 3.32. The van der Waals surface area contributed by atoms with Crippen molar-refractivity contribution in [1.82, 2.24) is 10.2 Å². The van der Waals surface area contributed by atoms with Crippen molar-refractivity contribution in [2.45, 2.75) is 32.0 Å². The van der Waals surface area contributed by atoms with E-state index < -0.39 is 0 Å². The summed E-state index contributed by atoms with van der Waals surface area (Å²) in [5.74, 6) is 2.16. The van der Waals surface area contributed by atoms with E-state index in [-0.39, 0.29) is 12.6 Å². The molecule has 0 bridgehead atoms. The average Bonchev–Trinajstić information content (AvgIpc) is 3.15. The van der Waals surface area contributed by atoms with Crippen LogP contribution in [-0.2, 0) is 13.1 Å². The molecule has 0 saturated carbocycles. The second-order valence-corrected chi connectivity index (χ2v) is 7.06. The fraction of sp³-hybridized carbons (Fsp3) is 0.429. The highest BCUT2D eigenvalue weighted by Crippen LogP contribution is 2.38. The van der Waals surface area contributed by atoms with E-state index in [1.807, 2.05) is 24.3 Å². The maximum atomic E-state index is 13.9. The first-order valence-electron chi connectivity index (χ1n) is 9.38. The Labute approximate surface area is 159 Å². The molecule has 0 radical (unpaired) electrons. The van der Waals surface area contributed by atoms with E-state index in [1.165, 1.54) is 6.07 Å². The van der Waals surface area contributed by atoms with Crippen LogP contribution in [0.25, 0.3) is 0 Å². The third-order valence-corrected chi connectivity index (χ3v) is 5.21. The topological polar surface area (TPSA) is 43.0 Å². The highest BCUT2D eigenvalue weighted by Gasteiger charge is 2.22. The lowest BCUT2D eigenvalue weighted by Gasteiger charge is -2.33. The van der Waals surface area contributed by atoms with E-state index in [1.54, 1.807) is 13.2 Å². The van der Waals surface area contributed by atoms with E-state index in [0.717, 1.165) is 54.3 Å². The molecule has 2 aromatic carbocycles. The minimum Gasteiger partial charge on any atom is -0.496 e. The molecular weight excluding hydrogens is 347 g/mol. The number of likely N-dealkylation sites (tertiary alicyclic amines) is 1. The summed E-state index contributed by atoms with van der Waals surface area (Å²) in [4.78, 5) is 2.32. The minimum absolute atomic E-state index is 0.127. The number of methoxy groups -OCH3 is 1.